The second kappa shape index (κ2) is 25.6. The summed E-state index contributed by atoms with van der Waals surface area (Å²) in [5.41, 5.74) is -5.65. The molecule has 0 radical (unpaired) electrons. The predicted octanol–water partition coefficient (Wildman–Crippen LogP) is 11.6. The zero-order valence-electron chi connectivity index (χ0n) is 27.6. The van der Waals surface area contributed by atoms with E-state index >= 15 is 0 Å². The Morgan fingerprint density at radius 2 is 0.659 bits per heavy atom. The third kappa shape index (κ3) is 22.4. The zero-order valence-corrected chi connectivity index (χ0v) is 30.2. The van der Waals surface area contributed by atoms with Crippen LogP contribution in [0.25, 0.3) is 0 Å². The minimum absolute atomic E-state index is 1.18. The molecule has 10 heteroatoms. The maximum atomic E-state index is 10.7. The van der Waals surface area contributed by atoms with Crippen molar-refractivity contribution in [3.63, 3.8) is 0 Å². The summed E-state index contributed by atoms with van der Waals surface area (Å²) in [5.74, 6) is 0. The number of hydrogen-bond donors (Lipinski definition) is 0. The fourth-order valence-corrected chi connectivity index (χ4v) is 16.9. The summed E-state index contributed by atoms with van der Waals surface area (Å²) in [6, 6.07) is 0. The van der Waals surface area contributed by atoms with Crippen LogP contribution >= 0.6 is 14.1 Å². The van der Waals surface area contributed by atoms with Gasteiger partial charge in [-0.3, -0.25) is 0 Å². The molecule has 0 aromatic heterocycles. The van der Waals surface area contributed by atoms with Gasteiger partial charge in [0.15, 0.2) is 10.1 Å². The van der Waals surface area contributed by atoms with Gasteiger partial charge in [0.2, 0.25) is 14.1 Å². The summed E-state index contributed by atoms with van der Waals surface area (Å²) >= 11 is 0. The van der Waals surface area contributed by atoms with Crippen LogP contribution in [0.15, 0.2) is 0 Å². The van der Waals surface area contributed by atoms with E-state index in [1.165, 1.54) is 153 Å². The van der Waals surface area contributed by atoms with Crippen molar-refractivity contribution in [3.05, 3.63) is 0 Å². The molecule has 0 saturated carbocycles. The summed E-state index contributed by atoms with van der Waals surface area (Å²) in [5, 5.41) is 0. The van der Waals surface area contributed by atoms with Gasteiger partial charge in [-0.1, -0.05) is 119 Å². The van der Waals surface area contributed by atoms with Crippen LogP contribution in [0.3, 0.4) is 0 Å². The maximum Gasteiger partial charge on any atom is 0.485 e. The fraction of sp³-hybridized carbons (Fsp3) is 1.00. The molecule has 4 nitrogen and oxygen atoms in total. The summed E-state index contributed by atoms with van der Waals surface area (Å²) in [4.78, 5) is 0. The largest absolute Gasteiger partial charge is 0.741 e. The van der Waals surface area contributed by atoms with Crippen LogP contribution in [0, 0.1) is 0 Å². The van der Waals surface area contributed by atoms with Gasteiger partial charge in [-0.2, -0.15) is 17.3 Å². The van der Waals surface area contributed by atoms with Crippen LogP contribution in [-0.2, 0) is 10.1 Å². The second-order valence-corrected chi connectivity index (χ2v) is 20.9. The minimum Gasteiger partial charge on any atom is -0.741 e. The third-order valence-electron chi connectivity index (χ3n) is 7.73. The summed E-state index contributed by atoms with van der Waals surface area (Å²) in [6.07, 6.45) is 34.3. The molecule has 0 aromatic carbocycles. The molecule has 0 N–H and O–H groups in total. The highest BCUT2D eigenvalue weighted by molar-refractivity contribution is 7.86. The first-order chi connectivity index (χ1) is 19.3. The number of nitrogens with zero attached hydrogens (tertiary/aromatic N) is 1. The molecule has 0 aromatic rings. The molecule has 0 aliphatic rings. The van der Waals surface area contributed by atoms with E-state index in [9.17, 15) is 13.2 Å². The van der Waals surface area contributed by atoms with Crippen LogP contribution in [0.1, 0.15) is 157 Å². The standard InChI is InChI=1S/C30H66NP2.CHF3O3S/c1-7-13-19-25-32(26-20-14-8-2,27-21-15-9-3)31-33(28-22-16-10-4,29-23-17-11-5)30-24-18-12-6;2-1(3,4)8(5,6)7/h7-30H2,1-6H3;(H,5,6,7)/q+1;/p-1. The molecule has 0 atom stereocenters. The Morgan fingerprint density at radius 1 is 0.488 bits per heavy atom. The number of hydrogen-bond acceptors (Lipinski definition) is 3. The van der Waals surface area contributed by atoms with E-state index < -0.39 is 29.7 Å². The van der Waals surface area contributed by atoms with E-state index in [0.717, 1.165) is 0 Å². The van der Waals surface area contributed by atoms with Crippen molar-refractivity contribution in [2.75, 3.05) is 37.0 Å². The molecule has 0 aliphatic carbocycles. The zero-order chi connectivity index (χ0) is 31.7. The maximum absolute atomic E-state index is 10.7. The first-order valence-electron chi connectivity index (χ1n) is 16.8. The van der Waals surface area contributed by atoms with Crippen LogP contribution in [0.4, 0.5) is 13.2 Å². The van der Waals surface area contributed by atoms with Gasteiger partial charge in [-0.25, -0.2) is 8.42 Å². The van der Waals surface area contributed by atoms with Gasteiger partial charge >= 0.3 is 5.51 Å². The molecule has 41 heavy (non-hydrogen) atoms. The van der Waals surface area contributed by atoms with Crippen molar-refractivity contribution in [2.45, 2.75) is 163 Å². The van der Waals surface area contributed by atoms with Crippen LogP contribution in [-0.4, -0.2) is 55.5 Å². The highest BCUT2D eigenvalue weighted by Gasteiger charge is 2.37. The highest BCUT2D eigenvalue weighted by atomic mass is 32.2. The van der Waals surface area contributed by atoms with Crippen LogP contribution in [0.2, 0.25) is 0 Å². The van der Waals surface area contributed by atoms with Gasteiger partial charge < -0.3 is 4.55 Å². The Morgan fingerprint density at radius 3 is 0.780 bits per heavy atom. The minimum atomic E-state index is -6.09. The first-order valence-corrected chi connectivity index (χ1v) is 22.8. The highest BCUT2D eigenvalue weighted by Crippen LogP contribution is 2.56. The summed E-state index contributed by atoms with van der Waals surface area (Å²) < 4.78 is 65.3. The molecular weight excluding hydrogens is 585 g/mol. The van der Waals surface area contributed by atoms with Crippen molar-refractivity contribution in [3.8, 4) is 0 Å². The van der Waals surface area contributed by atoms with Gasteiger partial charge in [0.1, 0.15) is 0 Å². The van der Waals surface area contributed by atoms with E-state index in [0.29, 0.717) is 0 Å². The van der Waals surface area contributed by atoms with E-state index in [1.54, 1.807) is 0 Å². The Balaban J connectivity index is 0. The Hall–Kier alpha value is 0.270. The lowest BCUT2D eigenvalue weighted by molar-refractivity contribution is -0.0517. The molecule has 0 heterocycles. The van der Waals surface area contributed by atoms with Gasteiger partial charge in [0, 0.05) is 37.0 Å². The number of unbranched alkanes of at least 4 members (excludes halogenated alkanes) is 12. The molecule has 0 aliphatic heterocycles. The molecule has 0 spiro atoms. The first kappa shape index (κ1) is 43.4. The molecule has 0 fully saturated rings. The second-order valence-electron chi connectivity index (χ2n) is 11.8. The molecule has 0 bridgehead atoms. The average Bonchev–Trinajstić information content (AvgIpc) is 2.89. The number of alkyl halides is 3. The lowest BCUT2D eigenvalue weighted by Crippen LogP contribution is -2.21. The monoisotopic (exact) mass is 651 g/mol. The topological polar surface area (TPSA) is 71.3 Å². The molecule has 0 saturated heterocycles. The van der Waals surface area contributed by atoms with E-state index in [1.807, 2.05) is 0 Å². The Labute approximate surface area is 253 Å². The van der Waals surface area contributed by atoms with E-state index in [2.05, 4.69) is 41.5 Å². The molecule has 250 valence electrons. The molecule has 0 rings (SSSR count). The quantitative estimate of drug-likeness (QED) is 0.0343. The van der Waals surface area contributed by atoms with Gasteiger partial charge in [-0.05, 0) is 38.5 Å². The molecule has 0 amide bonds. The van der Waals surface area contributed by atoms with Crippen LogP contribution < -0.4 is 4.17 Å². The lowest BCUT2D eigenvalue weighted by atomic mass is 10.3. The van der Waals surface area contributed by atoms with Gasteiger partial charge in [0.05, 0.1) is 0 Å². The predicted molar refractivity (Wildman–Crippen MR) is 178 cm³/mol. The average molecular weight is 652 g/mol. The van der Waals surface area contributed by atoms with Crippen molar-refractivity contribution in [1.29, 1.82) is 0 Å². The van der Waals surface area contributed by atoms with E-state index in [-0.39, 0.29) is 0 Å². The van der Waals surface area contributed by atoms with Crippen molar-refractivity contribution < 1.29 is 26.1 Å². The third-order valence-corrected chi connectivity index (χ3v) is 18.2. The summed E-state index contributed by atoms with van der Waals surface area (Å²) in [6.45, 7) is 14.3. The van der Waals surface area contributed by atoms with E-state index in [4.69, 9.17) is 17.1 Å². The van der Waals surface area contributed by atoms with Gasteiger partial charge in [-0.15, -0.1) is 0 Å². The number of halogens is 3. The smallest absolute Gasteiger partial charge is 0.485 e. The van der Waals surface area contributed by atoms with Crippen molar-refractivity contribution >= 4 is 24.2 Å². The summed E-state index contributed by atoms with van der Waals surface area (Å²) in [7, 11) is -8.45. The van der Waals surface area contributed by atoms with Crippen molar-refractivity contribution in [1.82, 2.24) is 4.17 Å². The Bertz CT molecular complexity index is 731. The Kier molecular flexibility index (Phi) is 27.1. The number of rotatable bonds is 24. The van der Waals surface area contributed by atoms with Crippen LogP contribution in [0.5, 0.6) is 0 Å². The lowest BCUT2D eigenvalue weighted by Gasteiger charge is -2.19. The molecular formula is C31H66F3NO3P2S. The SMILES string of the molecule is CCCCCP(CCCCC)(CCCCC)=[N+]=P(CCCCC)(CCCCC)CCCCC.O=S(=O)([O-])C(F)(F)F. The normalized spacial score (nSPS) is 12.6. The van der Waals surface area contributed by atoms with Crippen molar-refractivity contribution in [2.24, 2.45) is 0 Å². The van der Waals surface area contributed by atoms with Gasteiger partial charge in [0.25, 0.3) is 0 Å². The fourth-order valence-electron chi connectivity index (χ4n) is 5.28. The molecule has 0 unspecified atom stereocenters.